The number of halogens is 1. The molecule has 2 nitrogen and oxygen atoms in total. The molecule has 0 bridgehead atoms. The molecule has 0 heterocycles. The molecule has 0 radical (unpaired) electrons. The van der Waals surface area contributed by atoms with Crippen molar-refractivity contribution in [2.24, 2.45) is 0 Å². The molecule has 0 amide bonds. The summed E-state index contributed by atoms with van der Waals surface area (Å²) in [6.07, 6.45) is 4.59. The average Bonchev–Trinajstić information content (AvgIpc) is 2.29. The van der Waals surface area contributed by atoms with E-state index in [-0.39, 0.29) is 0 Å². The van der Waals surface area contributed by atoms with Crippen LogP contribution in [0.1, 0.15) is 31.7 Å². The lowest BCUT2D eigenvalue weighted by Crippen LogP contribution is -2.31. The smallest absolute Gasteiger partial charge is 0.332 e. The Morgan fingerprint density at radius 2 is 2.00 bits per heavy atom. The Labute approximate surface area is 106 Å². The molecular formula is C14H15ClO2. The highest BCUT2D eigenvalue weighted by Crippen LogP contribution is 2.40. The highest BCUT2D eigenvalue weighted by Gasteiger charge is 2.36. The van der Waals surface area contributed by atoms with Gasteiger partial charge in [0.15, 0.2) is 0 Å². The Morgan fingerprint density at radius 1 is 1.35 bits per heavy atom. The van der Waals surface area contributed by atoms with Crippen molar-refractivity contribution >= 4 is 17.6 Å². The number of rotatable bonds is 2. The van der Waals surface area contributed by atoms with Crippen molar-refractivity contribution in [2.45, 2.75) is 31.6 Å². The molecule has 0 unspecified atom stereocenters. The highest BCUT2D eigenvalue weighted by atomic mass is 35.5. The van der Waals surface area contributed by atoms with Gasteiger partial charge in [-0.25, -0.2) is 4.79 Å². The van der Waals surface area contributed by atoms with Crippen LogP contribution >= 0.6 is 11.6 Å². The molecule has 0 spiro atoms. The Bertz CT molecular complexity index is 462. The molecule has 17 heavy (non-hydrogen) atoms. The summed E-state index contributed by atoms with van der Waals surface area (Å²) in [5.74, 6) is -0.817. The zero-order valence-electron chi connectivity index (χ0n) is 9.74. The first-order valence-electron chi connectivity index (χ1n) is 5.74. The van der Waals surface area contributed by atoms with Gasteiger partial charge in [0.2, 0.25) is 0 Å². The lowest BCUT2D eigenvalue weighted by molar-refractivity contribution is -0.133. The van der Waals surface area contributed by atoms with Crippen LogP contribution in [0.4, 0.5) is 0 Å². The molecule has 1 aromatic carbocycles. The molecule has 1 N–H and O–H groups in total. The van der Waals surface area contributed by atoms with Gasteiger partial charge >= 0.3 is 5.97 Å². The summed E-state index contributed by atoms with van der Waals surface area (Å²) in [6.45, 7) is 2.00. The van der Waals surface area contributed by atoms with E-state index in [1.54, 1.807) is 0 Å². The summed E-state index contributed by atoms with van der Waals surface area (Å²) in [5, 5.41) is 9.97. The van der Waals surface area contributed by atoms with Gasteiger partial charge in [0.25, 0.3) is 0 Å². The second kappa shape index (κ2) is 4.53. The van der Waals surface area contributed by atoms with Gasteiger partial charge in [-0.15, -0.1) is 0 Å². The Morgan fingerprint density at radius 3 is 2.59 bits per heavy atom. The van der Waals surface area contributed by atoms with Crippen molar-refractivity contribution in [1.29, 1.82) is 0 Å². The number of benzene rings is 1. The summed E-state index contributed by atoms with van der Waals surface area (Å²) in [4.78, 5) is 11.3. The number of hydrogen-bond acceptors (Lipinski definition) is 1. The van der Waals surface area contributed by atoms with Gasteiger partial charge in [0, 0.05) is 16.0 Å². The zero-order valence-corrected chi connectivity index (χ0v) is 10.5. The quantitative estimate of drug-likeness (QED) is 0.867. The number of carboxylic acid groups (broad SMARTS) is 1. The third-order valence-electron chi connectivity index (χ3n) is 3.54. The van der Waals surface area contributed by atoms with Crippen molar-refractivity contribution in [3.05, 3.63) is 46.5 Å². The normalized spacial score (nSPS) is 24.2. The number of carbonyl (C=O) groups is 1. The molecule has 1 aliphatic rings. The molecule has 3 heteroatoms. The van der Waals surface area contributed by atoms with Crippen LogP contribution < -0.4 is 0 Å². The Kier molecular flexibility index (Phi) is 3.25. The Hall–Kier alpha value is -1.28. The van der Waals surface area contributed by atoms with Gasteiger partial charge in [0.05, 0.1) is 0 Å². The average molecular weight is 251 g/mol. The summed E-state index contributed by atoms with van der Waals surface area (Å²) >= 11 is 5.86. The van der Waals surface area contributed by atoms with Gasteiger partial charge < -0.3 is 5.11 Å². The number of carboxylic acids is 1. The van der Waals surface area contributed by atoms with Crippen molar-refractivity contribution in [3.8, 4) is 0 Å². The monoisotopic (exact) mass is 250 g/mol. The van der Waals surface area contributed by atoms with Crippen LogP contribution in [-0.4, -0.2) is 11.1 Å². The molecule has 1 aromatic rings. The third kappa shape index (κ3) is 2.22. The van der Waals surface area contributed by atoms with Crippen LogP contribution in [0.15, 0.2) is 35.9 Å². The molecule has 0 aliphatic heterocycles. The van der Waals surface area contributed by atoms with Gasteiger partial charge in [0.1, 0.15) is 0 Å². The minimum atomic E-state index is -0.817. The highest BCUT2D eigenvalue weighted by molar-refractivity contribution is 6.30. The minimum absolute atomic E-state index is 0.394. The van der Waals surface area contributed by atoms with E-state index in [4.69, 9.17) is 11.6 Å². The number of allylic oxidation sites excluding steroid dienone is 1. The Balaban J connectivity index is 2.46. The number of aliphatic carboxylic acids is 1. The molecule has 0 aromatic heterocycles. The maximum absolute atomic E-state index is 11.3. The SMILES string of the molecule is C[C@@]1(c2ccc(Cl)cc2)CCCC=C1C(=O)O. The van der Waals surface area contributed by atoms with E-state index < -0.39 is 11.4 Å². The van der Waals surface area contributed by atoms with E-state index in [1.165, 1.54) is 0 Å². The predicted molar refractivity (Wildman–Crippen MR) is 68.4 cm³/mol. The molecule has 2 rings (SSSR count). The first-order valence-corrected chi connectivity index (χ1v) is 6.12. The zero-order chi connectivity index (χ0) is 12.5. The van der Waals surface area contributed by atoms with E-state index in [0.717, 1.165) is 24.8 Å². The molecule has 90 valence electrons. The van der Waals surface area contributed by atoms with Crippen LogP contribution in [-0.2, 0) is 10.2 Å². The molecule has 0 fully saturated rings. The lowest BCUT2D eigenvalue weighted by Gasteiger charge is -2.34. The topological polar surface area (TPSA) is 37.3 Å². The van der Waals surface area contributed by atoms with Crippen molar-refractivity contribution in [2.75, 3.05) is 0 Å². The van der Waals surface area contributed by atoms with Gasteiger partial charge in [-0.3, -0.25) is 0 Å². The second-order valence-corrected chi connectivity index (χ2v) is 5.09. The maximum Gasteiger partial charge on any atom is 0.332 e. The predicted octanol–water partition coefficient (Wildman–Crippen LogP) is 3.79. The standard InChI is InChI=1S/C14H15ClO2/c1-14(10-5-7-11(15)8-6-10)9-3-2-4-12(14)13(16)17/h4-8H,2-3,9H2,1H3,(H,16,17)/t14-/m0/s1. The summed E-state index contributed by atoms with van der Waals surface area (Å²) in [7, 11) is 0. The van der Waals surface area contributed by atoms with Gasteiger partial charge in [-0.1, -0.05) is 36.7 Å². The third-order valence-corrected chi connectivity index (χ3v) is 3.79. The van der Waals surface area contributed by atoms with E-state index >= 15 is 0 Å². The van der Waals surface area contributed by atoms with E-state index in [1.807, 2.05) is 37.3 Å². The van der Waals surface area contributed by atoms with Crippen LogP contribution in [0.2, 0.25) is 5.02 Å². The van der Waals surface area contributed by atoms with E-state index in [0.29, 0.717) is 10.6 Å². The molecule has 1 atom stereocenters. The van der Waals surface area contributed by atoms with E-state index in [2.05, 4.69) is 0 Å². The fourth-order valence-electron chi connectivity index (χ4n) is 2.50. The van der Waals surface area contributed by atoms with Gasteiger partial charge in [-0.05, 0) is 37.0 Å². The first kappa shape index (κ1) is 12.2. The van der Waals surface area contributed by atoms with Crippen molar-refractivity contribution in [3.63, 3.8) is 0 Å². The van der Waals surface area contributed by atoms with Gasteiger partial charge in [-0.2, -0.15) is 0 Å². The fourth-order valence-corrected chi connectivity index (χ4v) is 2.63. The maximum atomic E-state index is 11.3. The fraction of sp³-hybridized carbons (Fsp3) is 0.357. The van der Waals surface area contributed by atoms with E-state index in [9.17, 15) is 9.90 Å². The van der Waals surface area contributed by atoms with Crippen LogP contribution in [0.3, 0.4) is 0 Å². The largest absolute Gasteiger partial charge is 0.478 e. The minimum Gasteiger partial charge on any atom is -0.478 e. The van der Waals surface area contributed by atoms with Crippen LogP contribution in [0.5, 0.6) is 0 Å². The van der Waals surface area contributed by atoms with Crippen molar-refractivity contribution in [1.82, 2.24) is 0 Å². The van der Waals surface area contributed by atoms with Crippen molar-refractivity contribution < 1.29 is 9.90 Å². The molecule has 0 saturated carbocycles. The molecule has 1 aliphatic carbocycles. The summed E-state index contributed by atoms with van der Waals surface area (Å²) in [6, 6.07) is 7.47. The molecule has 0 saturated heterocycles. The number of hydrogen-bond donors (Lipinski definition) is 1. The summed E-state index contributed by atoms with van der Waals surface area (Å²) < 4.78 is 0. The molecular weight excluding hydrogens is 236 g/mol. The lowest BCUT2D eigenvalue weighted by atomic mass is 9.69. The second-order valence-electron chi connectivity index (χ2n) is 4.65. The summed E-state index contributed by atoms with van der Waals surface area (Å²) in [5.41, 5.74) is 1.13. The van der Waals surface area contributed by atoms with Crippen LogP contribution in [0.25, 0.3) is 0 Å². The van der Waals surface area contributed by atoms with Crippen LogP contribution in [0, 0.1) is 0 Å². The first-order chi connectivity index (χ1) is 8.04.